The van der Waals surface area contributed by atoms with Crippen LogP contribution in [0.15, 0.2) is 54.6 Å². The van der Waals surface area contributed by atoms with E-state index in [0.717, 1.165) is 37.3 Å². The Kier molecular flexibility index (Phi) is 5.28. The van der Waals surface area contributed by atoms with E-state index in [-0.39, 0.29) is 18.6 Å². The normalized spacial score (nSPS) is 17.7. The molecule has 0 spiro atoms. The Bertz CT molecular complexity index is 670. The van der Waals surface area contributed by atoms with Crippen molar-refractivity contribution in [3.8, 4) is 0 Å². The Morgan fingerprint density at radius 1 is 1.08 bits per heavy atom. The molecule has 1 N–H and O–H groups in total. The van der Waals surface area contributed by atoms with Gasteiger partial charge in [0, 0.05) is 18.8 Å². The second-order valence-electron chi connectivity index (χ2n) is 6.17. The fourth-order valence-corrected chi connectivity index (χ4v) is 3.29. The summed E-state index contributed by atoms with van der Waals surface area (Å²) in [5, 5.41) is 9.14. The molecule has 1 aliphatic heterocycles. The minimum absolute atomic E-state index is 0.0604. The summed E-state index contributed by atoms with van der Waals surface area (Å²) >= 11 is 0. The number of carbonyl (C=O) groups is 1. The number of nitrogens with zero attached hydrogens (tertiary/aromatic N) is 2. The van der Waals surface area contributed by atoms with Crippen LogP contribution in [0.1, 0.15) is 24.5 Å². The molecule has 1 atom stereocenters. The Labute approximate surface area is 143 Å². The van der Waals surface area contributed by atoms with Crippen molar-refractivity contribution >= 4 is 11.6 Å². The van der Waals surface area contributed by atoms with Crippen LogP contribution in [0, 0.1) is 0 Å². The van der Waals surface area contributed by atoms with Crippen molar-refractivity contribution in [3.05, 3.63) is 65.7 Å². The summed E-state index contributed by atoms with van der Waals surface area (Å²) in [4.78, 5) is 17.0. The Hall–Kier alpha value is -2.17. The predicted molar refractivity (Wildman–Crippen MR) is 95.6 cm³/mol. The van der Waals surface area contributed by atoms with Crippen LogP contribution in [-0.2, 0) is 17.9 Å². The summed E-state index contributed by atoms with van der Waals surface area (Å²) in [6.07, 6.45) is 0.857. The van der Waals surface area contributed by atoms with Crippen molar-refractivity contribution in [2.75, 3.05) is 18.0 Å². The van der Waals surface area contributed by atoms with Gasteiger partial charge >= 0.3 is 0 Å². The molecule has 1 heterocycles. The topological polar surface area (TPSA) is 43.8 Å². The van der Waals surface area contributed by atoms with Gasteiger partial charge < -0.3 is 10.0 Å². The second-order valence-corrected chi connectivity index (χ2v) is 6.17. The van der Waals surface area contributed by atoms with Crippen molar-refractivity contribution < 1.29 is 9.90 Å². The van der Waals surface area contributed by atoms with Gasteiger partial charge in [-0.2, -0.15) is 0 Å². The Morgan fingerprint density at radius 3 is 2.38 bits per heavy atom. The molecule has 4 heteroatoms. The highest BCUT2D eigenvalue weighted by Crippen LogP contribution is 2.25. The van der Waals surface area contributed by atoms with Gasteiger partial charge in [-0.05, 0) is 36.2 Å². The van der Waals surface area contributed by atoms with E-state index in [1.807, 2.05) is 59.5 Å². The zero-order valence-electron chi connectivity index (χ0n) is 14.1. The van der Waals surface area contributed by atoms with E-state index in [4.69, 9.17) is 5.11 Å². The number of amides is 1. The molecule has 1 unspecified atom stereocenters. The van der Waals surface area contributed by atoms with Crippen LogP contribution < -0.4 is 4.90 Å². The van der Waals surface area contributed by atoms with E-state index in [2.05, 4.69) is 11.8 Å². The average Bonchev–Trinajstić information content (AvgIpc) is 3.02. The first kappa shape index (κ1) is 16.7. The third-order valence-electron chi connectivity index (χ3n) is 4.68. The van der Waals surface area contributed by atoms with Crippen molar-refractivity contribution in [1.82, 2.24) is 4.90 Å². The van der Waals surface area contributed by atoms with Gasteiger partial charge in [0.05, 0.1) is 12.6 Å². The second kappa shape index (κ2) is 7.60. The number of aliphatic hydroxyl groups excluding tert-OH is 1. The van der Waals surface area contributed by atoms with Gasteiger partial charge in [0.2, 0.25) is 5.91 Å². The predicted octanol–water partition coefficient (Wildman–Crippen LogP) is 2.81. The smallest absolute Gasteiger partial charge is 0.244 e. The van der Waals surface area contributed by atoms with E-state index in [1.54, 1.807) is 0 Å². The lowest BCUT2D eigenvalue weighted by Gasteiger charge is -2.26. The number of para-hydroxylation sites is 1. The summed E-state index contributed by atoms with van der Waals surface area (Å²) in [6, 6.07) is 17.8. The average molecular weight is 324 g/mol. The van der Waals surface area contributed by atoms with Gasteiger partial charge in [-0.15, -0.1) is 0 Å². The van der Waals surface area contributed by atoms with Crippen LogP contribution in [0.5, 0.6) is 0 Å². The van der Waals surface area contributed by atoms with Crippen molar-refractivity contribution in [1.29, 1.82) is 0 Å². The molecule has 1 amide bonds. The maximum Gasteiger partial charge on any atom is 0.244 e. The van der Waals surface area contributed by atoms with Crippen LogP contribution in [0.4, 0.5) is 5.69 Å². The Balaban J connectivity index is 1.70. The highest BCUT2D eigenvalue weighted by atomic mass is 16.3. The fourth-order valence-electron chi connectivity index (χ4n) is 3.29. The summed E-state index contributed by atoms with van der Waals surface area (Å²) in [7, 11) is 0. The standard InChI is InChI=1S/C20H24N2O2/c1-2-21(14-16-8-10-17(15-23)11-9-16)19-12-13-22(20(19)24)18-6-4-3-5-7-18/h3-11,19,23H,2,12-15H2,1H3. The summed E-state index contributed by atoms with van der Waals surface area (Å²) in [5.74, 6) is 0.190. The quantitative estimate of drug-likeness (QED) is 0.888. The third-order valence-corrected chi connectivity index (χ3v) is 4.68. The number of benzene rings is 2. The monoisotopic (exact) mass is 324 g/mol. The number of rotatable bonds is 6. The third kappa shape index (κ3) is 3.50. The first-order valence-corrected chi connectivity index (χ1v) is 8.52. The molecule has 0 bridgehead atoms. The van der Waals surface area contributed by atoms with E-state index in [1.165, 1.54) is 5.56 Å². The summed E-state index contributed by atoms with van der Waals surface area (Å²) < 4.78 is 0. The molecule has 1 fully saturated rings. The highest BCUT2D eigenvalue weighted by Gasteiger charge is 2.35. The molecule has 0 radical (unpaired) electrons. The number of hydrogen-bond donors (Lipinski definition) is 1. The Morgan fingerprint density at radius 2 is 1.75 bits per heavy atom. The van der Waals surface area contributed by atoms with Gasteiger partial charge in [0.15, 0.2) is 0 Å². The molecular formula is C20H24N2O2. The SMILES string of the molecule is CCN(Cc1ccc(CO)cc1)C1CCN(c2ccccc2)C1=O. The van der Waals surface area contributed by atoms with Crippen LogP contribution in [-0.4, -0.2) is 35.0 Å². The lowest BCUT2D eigenvalue weighted by atomic mass is 10.1. The maximum absolute atomic E-state index is 12.8. The summed E-state index contributed by atoms with van der Waals surface area (Å²) in [5.41, 5.74) is 3.06. The first-order chi connectivity index (χ1) is 11.7. The minimum atomic E-state index is -0.0623. The molecule has 3 rings (SSSR count). The molecule has 0 saturated carbocycles. The number of hydrogen-bond acceptors (Lipinski definition) is 3. The number of carbonyl (C=O) groups excluding carboxylic acids is 1. The van der Waals surface area contributed by atoms with E-state index < -0.39 is 0 Å². The van der Waals surface area contributed by atoms with E-state index in [0.29, 0.717) is 0 Å². The van der Waals surface area contributed by atoms with Crippen molar-refractivity contribution in [3.63, 3.8) is 0 Å². The van der Waals surface area contributed by atoms with Crippen LogP contribution >= 0.6 is 0 Å². The van der Waals surface area contributed by atoms with Gasteiger partial charge in [-0.25, -0.2) is 0 Å². The molecule has 1 aliphatic rings. The van der Waals surface area contributed by atoms with Gasteiger partial charge in [0.1, 0.15) is 0 Å². The van der Waals surface area contributed by atoms with Gasteiger partial charge in [-0.3, -0.25) is 9.69 Å². The molecule has 4 nitrogen and oxygen atoms in total. The van der Waals surface area contributed by atoms with Crippen molar-refractivity contribution in [2.45, 2.75) is 32.5 Å². The molecule has 2 aromatic rings. The van der Waals surface area contributed by atoms with Crippen LogP contribution in [0.2, 0.25) is 0 Å². The maximum atomic E-state index is 12.8. The zero-order valence-corrected chi connectivity index (χ0v) is 14.1. The first-order valence-electron chi connectivity index (χ1n) is 8.52. The largest absolute Gasteiger partial charge is 0.392 e. The molecule has 0 aliphatic carbocycles. The summed E-state index contributed by atoms with van der Waals surface area (Å²) in [6.45, 7) is 4.51. The molecule has 126 valence electrons. The molecular weight excluding hydrogens is 300 g/mol. The lowest BCUT2D eigenvalue weighted by Crippen LogP contribution is -2.41. The van der Waals surface area contributed by atoms with Gasteiger partial charge in [0.25, 0.3) is 0 Å². The number of anilines is 1. The van der Waals surface area contributed by atoms with Crippen molar-refractivity contribution in [2.24, 2.45) is 0 Å². The zero-order chi connectivity index (χ0) is 16.9. The highest BCUT2D eigenvalue weighted by molar-refractivity contribution is 5.99. The number of likely N-dealkylation sites (N-methyl/N-ethyl adjacent to an activating group) is 1. The molecule has 0 aromatic heterocycles. The molecule has 24 heavy (non-hydrogen) atoms. The van der Waals surface area contributed by atoms with Crippen LogP contribution in [0.25, 0.3) is 0 Å². The van der Waals surface area contributed by atoms with E-state index in [9.17, 15) is 4.79 Å². The van der Waals surface area contributed by atoms with Crippen LogP contribution in [0.3, 0.4) is 0 Å². The lowest BCUT2D eigenvalue weighted by molar-refractivity contribution is -0.121. The molecule has 1 saturated heterocycles. The van der Waals surface area contributed by atoms with Gasteiger partial charge in [-0.1, -0.05) is 49.4 Å². The molecule has 2 aromatic carbocycles. The minimum Gasteiger partial charge on any atom is -0.392 e. The number of aliphatic hydroxyl groups is 1. The fraction of sp³-hybridized carbons (Fsp3) is 0.350. The van der Waals surface area contributed by atoms with E-state index >= 15 is 0 Å².